The third-order valence-corrected chi connectivity index (χ3v) is 6.34. The van der Waals surface area contributed by atoms with Crippen LogP contribution >= 0.6 is 24.0 Å². The number of halogens is 1. The van der Waals surface area contributed by atoms with Crippen LogP contribution in [0.1, 0.15) is 30.4 Å². The highest BCUT2D eigenvalue weighted by atomic mass is 127. The molecule has 1 aromatic carbocycles. The van der Waals surface area contributed by atoms with Gasteiger partial charge in [0.15, 0.2) is 15.8 Å². The summed E-state index contributed by atoms with van der Waals surface area (Å²) < 4.78 is 23.2. The molecular weight excluding hydrogens is 425 g/mol. The summed E-state index contributed by atoms with van der Waals surface area (Å²) in [5, 5.41) is 3.11. The molecule has 1 heterocycles. The van der Waals surface area contributed by atoms with Crippen molar-refractivity contribution in [2.45, 2.75) is 32.1 Å². The van der Waals surface area contributed by atoms with Gasteiger partial charge in [0.05, 0.1) is 11.5 Å². The first kappa shape index (κ1) is 18.5. The number of anilines is 1. The third-order valence-electron chi connectivity index (χ3n) is 4.45. The fraction of sp³-hybridized carbons (Fsp3) is 0.562. The second kappa shape index (κ2) is 7.83. The molecule has 0 saturated carbocycles. The summed E-state index contributed by atoms with van der Waals surface area (Å²) in [5.74, 6) is 1.01. The minimum Gasteiger partial charge on any atom is -0.370 e. The second-order valence-corrected chi connectivity index (χ2v) is 8.54. The van der Waals surface area contributed by atoms with Crippen molar-refractivity contribution in [3.8, 4) is 0 Å². The van der Waals surface area contributed by atoms with E-state index in [0.717, 1.165) is 31.4 Å². The first-order chi connectivity index (χ1) is 10.5. The van der Waals surface area contributed by atoms with Crippen molar-refractivity contribution in [2.75, 3.05) is 23.4 Å². The number of sulfone groups is 1. The summed E-state index contributed by atoms with van der Waals surface area (Å²) in [5.41, 5.74) is 9.69. The smallest absolute Gasteiger partial charge is 0.193 e. The molecule has 1 aliphatic carbocycles. The lowest BCUT2D eigenvalue weighted by atomic mass is 10.1. The molecule has 0 bridgehead atoms. The van der Waals surface area contributed by atoms with Crippen molar-refractivity contribution in [1.29, 1.82) is 0 Å². The standard InChI is InChI=1S/C16H23N3O2S.HI/c17-16(18-10-12-3-2-8-22(20,21)11-12)19-15-7-6-13-4-1-5-14(13)9-15;/h6-7,9,12H,1-5,8,10-11H2,(H3,17,18,19);1H. The molecule has 1 aliphatic heterocycles. The van der Waals surface area contributed by atoms with Gasteiger partial charge in [0.2, 0.25) is 0 Å². The van der Waals surface area contributed by atoms with Crippen LogP contribution in [-0.2, 0) is 22.7 Å². The highest BCUT2D eigenvalue weighted by molar-refractivity contribution is 14.0. The molecule has 128 valence electrons. The maximum atomic E-state index is 11.6. The Morgan fingerprint density at radius 2 is 2.04 bits per heavy atom. The Balaban J connectivity index is 0.00000192. The van der Waals surface area contributed by atoms with Crippen LogP contribution in [0.3, 0.4) is 0 Å². The van der Waals surface area contributed by atoms with E-state index in [1.165, 1.54) is 17.5 Å². The van der Waals surface area contributed by atoms with E-state index in [-0.39, 0.29) is 35.6 Å². The number of hydrogen-bond donors (Lipinski definition) is 2. The lowest BCUT2D eigenvalue weighted by Crippen LogP contribution is -2.29. The maximum Gasteiger partial charge on any atom is 0.193 e. The SMILES string of the molecule is I.NC(=NCC1CCCS(=O)(=O)C1)Nc1ccc2c(c1)CCC2. The fourth-order valence-corrected chi connectivity index (χ4v) is 5.09. The summed E-state index contributed by atoms with van der Waals surface area (Å²) in [6.45, 7) is 0.475. The predicted octanol–water partition coefficient (Wildman–Crippen LogP) is 2.34. The number of guanidine groups is 1. The van der Waals surface area contributed by atoms with Crippen LogP contribution in [0, 0.1) is 5.92 Å². The Bertz CT molecular complexity index is 689. The first-order valence-electron chi connectivity index (χ1n) is 7.91. The zero-order chi connectivity index (χ0) is 15.6. The summed E-state index contributed by atoms with van der Waals surface area (Å²) in [7, 11) is -2.88. The number of benzene rings is 1. The molecule has 1 saturated heterocycles. The van der Waals surface area contributed by atoms with E-state index in [1.54, 1.807) is 0 Å². The van der Waals surface area contributed by atoms with Crippen LogP contribution in [0.2, 0.25) is 0 Å². The molecule has 5 nitrogen and oxygen atoms in total. The summed E-state index contributed by atoms with van der Waals surface area (Å²) in [6, 6.07) is 6.30. The quantitative estimate of drug-likeness (QED) is 0.422. The van der Waals surface area contributed by atoms with Gasteiger partial charge in [-0.2, -0.15) is 0 Å². The molecule has 3 rings (SSSR count). The fourth-order valence-electron chi connectivity index (χ4n) is 3.33. The Morgan fingerprint density at radius 1 is 1.26 bits per heavy atom. The number of fused-ring (bicyclic) bond motifs is 1. The highest BCUT2D eigenvalue weighted by Crippen LogP contribution is 2.24. The van der Waals surface area contributed by atoms with E-state index in [2.05, 4.69) is 22.4 Å². The predicted molar refractivity (Wildman–Crippen MR) is 105 cm³/mol. The Hall–Kier alpha value is -0.830. The van der Waals surface area contributed by atoms with Gasteiger partial charge in [-0.1, -0.05) is 6.07 Å². The number of aryl methyl sites for hydroxylation is 2. The molecule has 7 heteroatoms. The zero-order valence-electron chi connectivity index (χ0n) is 13.1. The topological polar surface area (TPSA) is 84.5 Å². The van der Waals surface area contributed by atoms with Crippen molar-refractivity contribution in [1.82, 2.24) is 0 Å². The molecule has 0 spiro atoms. The molecule has 1 atom stereocenters. The average Bonchev–Trinajstić information content (AvgIpc) is 2.92. The van der Waals surface area contributed by atoms with Crippen LogP contribution < -0.4 is 11.1 Å². The minimum atomic E-state index is -2.88. The molecule has 1 fully saturated rings. The van der Waals surface area contributed by atoms with Gasteiger partial charge >= 0.3 is 0 Å². The lowest BCUT2D eigenvalue weighted by Gasteiger charge is -2.20. The van der Waals surface area contributed by atoms with Crippen LogP contribution in [0.15, 0.2) is 23.2 Å². The number of nitrogens with zero attached hydrogens (tertiary/aromatic N) is 1. The van der Waals surface area contributed by atoms with Gasteiger partial charge in [0, 0.05) is 12.2 Å². The summed E-state index contributed by atoms with van der Waals surface area (Å²) in [4.78, 5) is 4.32. The minimum absolute atomic E-state index is 0. The van der Waals surface area contributed by atoms with Crippen molar-refractivity contribution < 1.29 is 8.42 Å². The summed E-state index contributed by atoms with van der Waals surface area (Å²) in [6.07, 6.45) is 5.16. The number of rotatable bonds is 3. The number of nitrogens with two attached hydrogens (primary N) is 1. The molecule has 2 aliphatic rings. The van der Waals surface area contributed by atoms with Gasteiger partial charge in [-0.05, 0) is 61.3 Å². The van der Waals surface area contributed by atoms with E-state index in [4.69, 9.17) is 5.73 Å². The second-order valence-electron chi connectivity index (χ2n) is 6.31. The normalized spacial score (nSPS) is 23.0. The molecule has 0 aromatic heterocycles. The Labute approximate surface area is 155 Å². The van der Waals surface area contributed by atoms with Crippen molar-refractivity contribution >= 4 is 45.5 Å². The Kier molecular flexibility index (Phi) is 6.30. The monoisotopic (exact) mass is 449 g/mol. The van der Waals surface area contributed by atoms with Crippen LogP contribution in [0.25, 0.3) is 0 Å². The highest BCUT2D eigenvalue weighted by Gasteiger charge is 2.24. The van der Waals surface area contributed by atoms with E-state index in [9.17, 15) is 8.42 Å². The zero-order valence-corrected chi connectivity index (χ0v) is 16.3. The molecule has 23 heavy (non-hydrogen) atoms. The van der Waals surface area contributed by atoms with E-state index < -0.39 is 9.84 Å². The van der Waals surface area contributed by atoms with Gasteiger partial charge in [0.25, 0.3) is 0 Å². The van der Waals surface area contributed by atoms with Gasteiger partial charge in [-0.15, -0.1) is 24.0 Å². The third kappa shape index (κ3) is 5.07. The van der Waals surface area contributed by atoms with Crippen LogP contribution in [0.5, 0.6) is 0 Å². The number of nitrogens with one attached hydrogen (secondary N) is 1. The molecule has 1 aromatic rings. The van der Waals surface area contributed by atoms with Gasteiger partial charge < -0.3 is 11.1 Å². The van der Waals surface area contributed by atoms with E-state index >= 15 is 0 Å². The van der Waals surface area contributed by atoms with Gasteiger partial charge in [-0.3, -0.25) is 4.99 Å². The summed E-state index contributed by atoms with van der Waals surface area (Å²) >= 11 is 0. The van der Waals surface area contributed by atoms with Crippen molar-refractivity contribution in [2.24, 2.45) is 16.6 Å². The molecule has 3 N–H and O–H groups in total. The lowest BCUT2D eigenvalue weighted by molar-refractivity contribution is 0.494. The van der Waals surface area contributed by atoms with Crippen LogP contribution in [-0.4, -0.2) is 32.4 Å². The number of hydrogen-bond acceptors (Lipinski definition) is 3. The maximum absolute atomic E-state index is 11.6. The molecule has 1 unspecified atom stereocenters. The average molecular weight is 449 g/mol. The van der Waals surface area contributed by atoms with Crippen LogP contribution in [0.4, 0.5) is 5.69 Å². The van der Waals surface area contributed by atoms with Crippen molar-refractivity contribution in [3.63, 3.8) is 0 Å². The Morgan fingerprint density at radius 3 is 2.83 bits per heavy atom. The van der Waals surface area contributed by atoms with E-state index in [0.29, 0.717) is 18.3 Å². The van der Waals surface area contributed by atoms with E-state index in [1.807, 2.05) is 6.07 Å². The van der Waals surface area contributed by atoms with Crippen molar-refractivity contribution in [3.05, 3.63) is 29.3 Å². The first-order valence-corrected chi connectivity index (χ1v) is 9.73. The molecule has 0 amide bonds. The molecular formula is C16H24IN3O2S. The molecule has 0 radical (unpaired) electrons. The van der Waals surface area contributed by atoms with Gasteiger partial charge in [0.1, 0.15) is 0 Å². The number of aliphatic imine (C=N–C) groups is 1. The largest absolute Gasteiger partial charge is 0.370 e. The van der Waals surface area contributed by atoms with Gasteiger partial charge in [-0.25, -0.2) is 8.42 Å².